The van der Waals surface area contributed by atoms with E-state index in [2.05, 4.69) is 51.4 Å². The molecule has 0 fully saturated rings. The fourth-order valence-corrected chi connectivity index (χ4v) is 2.23. The standard InChI is InChI=1S/C12H15BrN2/c1-8-10-4-3-9(13)7-12(10)15-11(8)5-6-14-2/h3-4,7,14-15H,5-6H2,1-2H3. The molecule has 0 saturated heterocycles. The molecule has 2 N–H and O–H groups in total. The van der Waals surface area contributed by atoms with E-state index in [1.165, 1.54) is 22.2 Å². The number of aryl methyl sites for hydroxylation is 1. The van der Waals surface area contributed by atoms with E-state index in [0.717, 1.165) is 17.4 Å². The molecule has 0 aliphatic heterocycles. The van der Waals surface area contributed by atoms with Crippen LogP contribution in [-0.4, -0.2) is 18.6 Å². The van der Waals surface area contributed by atoms with Gasteiger partial charge in [-0.2, -0.15) is 0 Å². The van der Waals surface area contributed by atoms with Crippen molar-refractivity contribution in [2.24, 2.45) is 0 Å². The third-order valence-corrected chi connectivity index (χ3v) is 3.24. The van der Waals surface area contributed by atoms with E-state index in [9.17, 15) is 0 Å². The number of aromatic nitrogens is 1. The van der Waals surface area contributed by atoms with E-state index in [-0.39, 0.29) is 0 Å². The molecular weight excluding hydrogens is 252 g/mol. The van der Waals surface area contributed by atoms with Crippen LogP contribution in [0.3, 0.4) is 0 Å². The average molecular weight is 267 g/mol. The van der Waals surface area contributed by atoms with Crippen molar-refractivity contribution in [2.45, 2.75) is 13.3 Å². The number of hydrogen-bond acceptors (Lipinski definition) is 1. The summed E-state index contributed by atoms with van der Waals surface area (Å²) in [5.74, 6) is 0. The molecule has 2 nitrogen and oxygen atoms in total. The molecule has 1 aromatic carbocycles. The Hall–Kier alpha value is -0.800. The molecular formula is C12H15BrN2. The summed E-state index contributed by atoms with van der Waals surface area (Å²) in [5.41, 5.74) is 3.91. The smallest absolute Gasteiger partial charge is 0.0470 e. The molecule has 2 rings (SSSR count). The molecule has 15 heavy (non-hydrogen) atoms. The Morgan fingerprint density at radius 2 is 2.20 bits per heavy atom. The molecule has 0 atom stereocenters. The highest BCUT2D eigenvalue weighted by Gasteiger charge is 2.06. The van der Waals surface area contributed by atoms with Gasteiger partial charge in [-0.15, -0.1) is 0 Å². The van der Waals surface area contributed by atoms with Gasteiger partial charge in [-0.1, -0.05) is 22.0 Å². The SMILES string of the molecule is CNCCc1[nH]c2cc(Br)ccc2c1C. The van der Waals surface area contributed by atoms with Crippen LogP contribution < -0.4 is 5.32 Å². The number of likely N-dealkylation sites (N-methyl/N-ethyl adjacent to an activating group) is 1. The van der Waals surface area contributed by atoms with Gasteiger partial charge < -0.3 is 10.3 Å². The zero-order valence-corrected chi connectivity index (χ0v) is 10.6. The summed E-state index contributed by atoms with van der Waals surface area (Å²) in [5, 5.41) is 4.49. The Morgan fingerprint density at radius 3 is 2.93 bits per heavy atom. The summed E-state index contributed by atoms with van der Waals surface area (Å²) >= 11 is 3.49. The molecule has 80 valence electrons. The minimum Gasteiger partial charge on any atom is -0.358 e. The Morgan fingerprint density at radius 1 is 1.40 bits per heavy atom. The molecule has 0 saturated carbocycles. The third-order valence-electron chi connectivity index (χ3n) is 2.75. The van der Waals surface area contributed by atoms with Crippen LogP contribution in [0.4, 0.5) is 0 Å². The molecule has 3 heteroatoms. The maximum absolute atomic E-state index is 3.49. The lowest BCUT2D eigenvalue weighted by Crippen LogP contribution is -2.10. The Balaban J connectivity index is 2.44. The van der Waals surface area contributed by atoms with Gasteiger partial charge in [0.05, 0.1) is 0 Å². The Labute approximate surface area is 98.2 Å². The van der Waals surface area contributed by atoms with E-state index < -0.39 is 0 Å². The highest BCUT2D eigenvalue weighted by Crippen LogP contribution is 2.24. The van der Waals surface area contributed by atoms with Gasteiger partial charge in [-0.3, -0.25) is 0 Å². The summed E-state index contributed by atoms with van der Waals surface area (Å²) in [4.78, 5) is 3.47. The van der Waals surface area contributed by atoms with Crippen LogP contribution in [-0.2, 0) is 6.42 Å². The van der Waals surface area contributed by atoms with Crippen molar-refractivity contribution in [3.8, 4) is 0 Å². The van der Waals surface area contributed by atoms with Crippen molar-refractivity contribution in [1.29, 1.82) is 0 Å². The third kappa shape index (κ3) is 2.08. The first-order valence-electron chi connectivity index (χ1n) is 5.13. The molecule has 0 amide bonds. The van der Waals surface area contributed by atoms with Gasteiger partial charge in [0.15, 0.2) is 0 Å². The highest BCUT2D eigenvalue weighted by molar-refractivity contribution is 9.10. The minimum atomic E-state index is 1.01. The van der Waals surface area contributed by atoms with Gasteiger partial charge in [0.25, 0.3) is 0 Å². The van der Waals surface area contributed by atoms with Crippen LogP contribution in [0.25, 0.3) is 10.9 Å². The number of rotatable bonds is 3. The second-order valence-electron chi connectivity index (χ2n) is 3.77. The Kier molecular flexibility index (Phi) is 3.12. The summed E-state index contributed by atoms with van der Waals surface area (Å²) in [6, 6.07) is 6.38. The molecule has 0 unspecified atom stereocenters. The van der Waals surface area contributed by atoms with Gasteiger partial charge in [0.2, 0.25) is 0 Å². The maximum atomic E-state index is 3.49. The summed E-state index contributed by atoms with van der Waals surface area (Å²) in [6.45, 7) is 3.19. The number of fused-ring (bicyclic) bond motifs is 1. The first kappa shape index (κ1) is 10.7. The van der Waals surface area contributed by atoms with Crippen LogP contribution in [0, 0.1) is 6.92 Å². The topological polar surface area (TPSA) is 27.8 Å². The van der Waals surface area contributed by atoms with Gasteiger partial charge in [-0.05, 0) is 31.7 Å². The van der Waals surface area contributed by atoms with Gasteiger partial charge in [0.1, 0.15) is 0 Å². The van der Waals surface area contributed by atoms with E-state index in [1.54, 1.807) is 0 Å². The lowest BCUT2D eigenvalue weighted by Gasteiger charge is -1.98. The van der Waals surface area contributed by atoms with Crippen LogP contribution in [0.5, 0.6) is 0 Å². The molecule has 2 aromatic rings. The van der Waals surface area contributed by atoms with Crippen LogP contribution in [0.1, 0.15) is 11.3 Å². The van der Waals surface area contributed by atoms with E-state index >= 15 is 0 Å². The molecule has 0 bridgehead atoms. The van der Waals surface area contributed by atoms with Gasteiger partial charge in [0, 0.05) is 34.0 Å². The zero-order valence-electron chi connectivity index (χ0n) is 9.02. The number of hydrogen-bond donors (Lipinski definition) is 2. The fourth-order valence-electron chi connectivity index (χ4n) is 1.87. The lowest BCUT2D eigenvalue weighted by atomic mass is 10.1. The van der Waals surface area contributed by atoms with Crippen LogP contribution in [0.15, 0.2) is 22.7 Å². The highest BCUT2D eigenvalue weighted by atomic mass is 79.9. The van der Waals surface area contributed by atoms with Crippen molar-refractivity contribution in [2.75, 3.05) is 13.6 Å². The molecule has 0 radical (unpaired) electrons. The first-order valence-corrected chi connectivity index (χ1v) is 5.93. The summed E-state index contributed by atoms with van der Waals surface area (Å²) in [6.07, 6.45) is 1.05. The van der Waals surface area contributed by atoms with Crippen LogP contribution >= 0.6 is 15.9 Å². The number of benzene rings is 1. The maximum Gasteiger partial charge on any atom is 0.0470 e. The fraction of sp³-hybridized carbons (Fsp3) is 0.333. The van der Waals surface area contributed by atoms with Crippen molar-refractivity contribution >= 4 is 26.8 Å². The second kappa shape index (κ2) is 4.37. The average Bonchev–Trinajstić information content (AvgIpc) is 2.52. The van der Waals surface area contributed by atoms with E-state index in [4.69, 9.17) is 0 Å². The van der Waals surface area contributed by atoms with Crippen molar-refractivity contribution in [3.63, 3.8) is 0 Å². The number of aromatic amines is 1. The zero-order chi connectivity index (χ0) is 10.8. The van der Waals surface area contributed by atoms with Crippen LogP contribution in [0.2, 0.25) is 0 Å². The monoisotopic (exact) mass is 266 g/mol. The molecule has 0 aliphatic carbocycles. The second-order valence-corrected chi connectivity index (χ2v) is 4.69. The number of halogens is 1. The number of nitrogens with one attached hydrogen (secondary N) is 2. The molecule has 0 aliphatic rings. The molecule has 1 heterocycles. The summed E-state index contributed by atoms with van der Waals surface area (Å²) in [7, 11) is 1.98. The number of H-pyrrole nitrogens is 1. The van der Waals surface area contributed by atoms with Crippen molar-refractivity contribution in [3.05, 3.63) is 33.9 Å². The predicted molar refractivity (Wildman–Crippen MR) is 68.4 cm³/mol. The predicted octanol–water partition coefficient (Wildman–Crippen LogP) is 3.00. The van der Waals surface area contributed by atoms with E-state index in [0.29, 0.717) is 0 Å². The van der Waals surface area contributed by atoms with Gasteiger partial charge >= 0.3 is 0 Å². The van der Waals surface area contributed by atoms with Gasteiger partial charge in [-0.25, -0.2) is 0 Å². The van der Waals surface area contributed by atoms with E-state index in [1.807, 2.05) is 7.05 Å². The molecule has 1 aromatic heterocycles. The van der Waals surface area contributed by atoms with Crippen molar-refractivity contribution < 1.29 is 0 Å². The first-order chi connectivity index (χ1) is 7.22. The molecule has 0 spiro atoms. The largest absolute Gasteiger partial charge is 0.358 e. The minimum absolute atomic E-state index is 1.01. The Bertz CT molecular complexity index is 474. The lowest BCUT2D eigenvalue weighted by molar-refractivity contribution is 0.778. The normalized spacial score (nSPS) is 11.1. The summed E-state index contributed by atoms with van der Waals surface area (Å²) < 4.78 is 1.12. The van der Waals surface area contributed by atoms with Crippen molar-refractivity contribution in [1.82, 2.24) is 10.3 Å². The quantitative estimate of drug-likeness (QED) is 0.879.